The second kappa shape index (κ2) is 4.70. The van der Waals surface area contributed by atoms with Crippen LogP contribution in [-0.4, -0.2) is 40.6 Å². The van der Waals surface area contributed by atoms with Crippen LogP contribution in [0.25, 0.3) is 10.9 Å². The van der Waals surface area contributed by atoms with Crippen LogP contribution in [0.4, 0.5) is 0 Å². The first-order valence-electron chi connectivity index (χ1n) is 6.64. The van der Waals surface area contributed by atoms with Crippen molar-refractivity contribution in [3.05, 3.63) is 36.0 Å². The van der Waals surface area contributed by atoms with Crippen LogP contribution in [0.15, 0.2) is 30.5 Å². The molecule has 1 fully saturated rings. The number of aliphatic hydroxyl groups is 1. The van der Waals surface area contributed by atoms with E-state index in [-0.39, 0.29) is 12.0 Å². The second-order valence-electron chi connectivity index (χ2n) is 5.46. The highest BCUT2D eigenvalue weighted by atomic mass is 16.3. The summed E-state index contributed by atoms with van der Waals surface area (Å²) >= 11 is 0. The van der Waals surface area contributed by atoms with Gasteiger partial charge in [0.25, 0.3) is 5.91 Å². The summed E-state index contributed by atoms with van der Waals surface area (Å²) in [7, 11) is 1.83. The molecule has 1 aliphatic carbocycles. The van der Waals surface area contributed by atoms with Crippen LogP contribution in [0.1, 0.15) is 23.2 Å². The predicted octanol–water partition coefficient (Wildman–Crippen LogP) is 2.01. The molecule has 0 atom stereocenters. The lowest BCUT2D eigenvalue weighted by molar-refractivity contribution is 0.0265. The summed E-state index contributed by atoms with van der Waals surface area (Å²) in [4.78, 5) is 17.2. The largest absolute Gasteiger partial charge is 0.393 e. The SMILES string of the molecule is CN(CC1CC(O)C1)C(=O)c1ccc2cc[nH]c2c1. The summed E-state index contributed by atoms with van der Waals surface area (Å²) in [5.74, 6) is 0.482. The lowest BCUT2D eigenvalue weighted by Crippen LogP contribution is -2.39. The van der Waals surface area contributed by atoms with Gasteiger partial charge in [-0.1, -0.05) is 6.07 Å². The van der Waals surface area contributed by atoms with Gasteiger partial charge in [0, 0.05) is 30.9 Å². The number of carbonyl (C=O) groups is 1. The monoisotopic (exact) mass is 258 g/mol. The van der Waals surface area contributed by atoms with Crippen LogP contribution in [0.5, 0.6) is 0 Å². The van der Waals surface area contributed by atoms with Crippen LogP contribution in [-0.2, 0) is 0 Å². The number of amides is 1. The lowest BCUT2D eigenvalue weighted by atomic mass is 9.82. The van der Waals surface area contributed by atoms with E-state index in [4.69, 9.17) is 0 Å². The molecule has 1 amide bonds. The Morgan fingerprint density at radius 3 is 2.95 bits per heavy atom. The molecule has 1 heterocycles. The number of nitrogens with one attached hydrogen (secondary N) is 1. The highest BCUT2D eigenvalue weighted by Gasteiger charge is 2.29. The standard InChI is InChI=1S/C15H18N2O2/c1-17(9-10-6-13(18)7-10)15(19)12-3-2-11-4-5-16-14(11)8-12/h2-5,8,10,13,16,18H,6-7,9H2,1H3. The van der Waals surface area contributed by atoms with Crippen LogP contribution < -0.4 is 0 Å². The van der Waals surface area contributed by atoms with E-state index in [1.807, 2.05) is 37.5 Å². The molecule has 4 heteroatoms. The van der Waals surface area contributed by atoms with E-state index in [0.29, 0.717) is 11.5 Å². The van der Waals surface area contributed by atoms with Crippen molar-refractivity contribution < 1.29 is 9.90 Å². The van der Waals surface area contributed by atoms with Gasteiger partial charge in [-0.15, -0.1) is 0 Å². The molecule has 0 saturated heterocycles. The average Bonchev–Trinajstić information content (AvgIpc) is 2.83. The Bertz CT molecular complexity index is 599. The molecule has 3 rings (SSSR count). The summed E-state index contributed by atoms with van der Waals surface area (Å²) in [5.41, 5.74) is 1.69. The number of aromatic amines is 1. The first kappa shape index (κ1) is 12.2. The number of nitrogens with zero attached hydrogens (tertiary/aromatic N) is 1. The third-order valence-corrected chi connectivity index (χ3v) is 3.89. The number of hydrogen-bond acceptors (Lipinski definition) is 2. The summed E-state index contributed by atoms with van der Waals surface area (Å²) in [5, 5.41) is 10.4. The van der Waals surface area contributed by atoms with Crippen molar-refractivity contribution in [2.45, 2.75) is 18.9 Å². The molecule has 0 radical (unpaired) electrons. The van der Waals surface area contributed by atoms with Gasteiger partial charge in [0.2, 0.25) is 0 Å². The van der Waals surface area contributed by atoms with Gasteiger partial charge in [0.1, 0.15) is 0 Å². The van der Waals surface area contributed by atoms with Crippen molar-refractivity contribution in [1.29, 1.82) is 0 Å². The lowest BCUT2D eigenvalue weighted by Gasteiger charge is -2.34. The Balaban J connectivity index is 1.71. The van der Waals surface area contributed by atoms with Gasteiger partial charge in [0.05, 0.1) is 6.10 Å². The average molecular weight is 258 g/mol. The second-order valence-corrected chi connectivity index (χ2v) is 5.46. The van der Waals surface area contributed by atoms with E-state index < -0.39 is 0 Å². The molecule has 2 aromatic rings. The van der Waals surface area contributed by atoms with Crippen molar-refractivity contribution in [2.75, 3.05) is 13.6 Å². The zero-order chi connectivity index (χ0) is 13.4. The van der Waals surface area contributed by atoms with Crippen molar-refractivity contribution in [2.24, 2.45) is 5.92 Å². The molecule has 0 bridgehead atoms. The molecule has 1 saturated carbocycles. The quantitative estimate of drug-likeness (QED) is 0.884. The Morgan fingerprint density at radius 2 is 2.21 bits per heavy atom. The highest BCUT2D eigenvalue weighted by molar-refractivity contribution is 5.97. The fraction of sp³-hybridized carbons (Fsp3) is 0.400. The fourth-order valence-electron chi connectivity index (χ4n) is 2.72. The maximum atomic E-state index is 12.3. The maximum Gasteiger partial charge on any atom is 0.253 e. The first-order valence-corrected chi connectivity index (χ1v) is 6.64. The van der Waals surface area contributed by atoms with E-state index in [2.05, 4.69) is 4.98 Å². The zero-order valence-electron chi connectivity index (χ0n) is 11.0. The number of hydrogen-bond donors (Lipinski definition) is 2. The Labute approximate surface area is 112 Å². The molecule has 2 N–H and O–H groups in total. The van der Waals surface area contributed by atoms with E-state index in [0.717, 1.165) is 30.3 Å². The highest BCUT2D eigenvalue weighted by Crippen LogP contribution is 2.28. The van der Waals surface area contributed by atoms with E-state index in [1.165, 1.54) is 0 Å². The summed E-state index contributed by atoms with van der Waals surface area (Å²) in [6.07, 6.45) is 3.34. The molecule has 1 aliphatic rings. The van der Waals surface area contributed by atoms with Gasteiger partial charge in [-0.2, -0.15) is 0 Å². The number of aliphatic hydroxyl groups excluding tert-OH is 1. The van der Waals surface area contributed by atoms with Gasteiger partial charge in [-0.25, -0.2) is 0 Å². The molecule has 0 unspecified atom stereocenters. The van der Waals surface area contributed by atoms with Gasteiger partial charge in [-0.05, 0) is 42.3 Å². The van der Waals surface area contributed by atoms with Gasteiger partial charge < -0.3 is 15.0 Å². The maximum absolute atomic E-state index is 12.3. The molecule has 100 valence electrons. The number of H-pyrrole nitrogens is 1. The summed E-state index contributed by atoms with van der Waals surface area (Å²) in [6, 6.07) is 7.71. The Hall–Kier alpha value is -1.81. The summed E-state index contributed by atoms with van der Waals surface area (Å²) in [6.45, 7) is 0.721. The van der Waals surface area contributed by atoms with Crippen molar-refractivity contribution >= 4 is 16.8 Å². The third-order valence-electron chi connectivity index (χ3n) is 3.89. The molecule has 1 aromatic carbocycles. The van der Waals surface area contributed by atoms with Gasteiger partial charge in [-0.3, -0.25) is 4.79 Å². The van der Waals surface area contributed by atoms with Crippen molar-refractivity contribution in [3.8, 4) is 0 Å². The van der Waals surface area contributed by atoms with Crippen molar-refractivity contribution in [3.63, 3.8) is 0 Å². The summed E-state index contributed by atoms with van der Waals surface area (Å²) < 4.78 is 0. The molecular weight excluding hydrogens is 240 g/mol. The minimum absolute atomic E-state index is 0.0397. The van der Waals surface area contributed by atoms with E-state index in [9.17, 15) is 9.90 Å². The minimum atomic E-state index is -0.163. The molecular formula is C15H18N2O2. The van der Waals surface area contributed by atoms with Crippen LogP contribution in [0.3, 0.4) is 0 Å². The van der Waals surface area contributed by atoms with E-state index >= 15 is 0 Å². The Kier molecular flexibility index (Phi) is 3.03. The number of benzene rings is 1. The number of rotatable bonds is 3. The Morgan fingerprint density at radius 1 is 1.42 bits per heavy atom. The van der Waals surface area contributed by atoms with Crippen LogP contribution in [0, 0.1) is 5.92 Å². The van der Waals surface area contributed by atoms with Gasteiger partial charge >= 0.3 is 0 Å². The van der Waals surface area contributed by atoms with Crippen LogP contribution >= 0.6 is 0 Å². The zero-order valence-corrected chi connectivity index (χ0v) is 11.0. The van der Waals surface area contributed by atoms with E-state index in [1.54, 1.807) is 4.90 Å². The third kappa shape index (κ3) is 2.36. The van der Waals surface area contributed by atoms with Crippen molar-refractivity contribution in [1.82, 2.24) is 9.88 Å². The van der Waals surface area contributed by atoms with Gasteiger partial charge in [0.15, 0.2) is 0 Å². The topological polar surface area (TPSA) is 56.3 Å². The molecule has 0 aliphatic heterocycles. The van der Waals surface area contributed by atoms with Crippen LogP contribution in [0.2, 0.25) is 0 Å². The number of carbonyl (C=O) groups excluding carboxylic acids is 1. The normalized spacial score (nSPS) is 22.2. The minimum Gasteiger partial charge on any atom is -0.393 e. The molecule has 0 spiro atoms. The molecule has 1 aromatic heterocycles. The predicted molar refractivity (Wildman–Crippen MR) is 74.0 cm³/mol. The smallest absolute Gasteiger partial charge is 0.253 e. The number of aromatic nitrogens is 1. The first-order chi connectivity index (χ1) is 9.13. The molecule has 19 heavy (non-hydrogen) atoms. The molecule has 4 nitrogen and oxygen atoms in total. The number of fused-ring (bicyclic) bond motifs is 1. The fourth-order valence-corrected chi connectivity index (χ4v) is 2.72.